The van der Waals surface area contributed by atoms with Crippen LogP contribution in [0.1, 0.15) is 76.8 Å². The average Bonchev–Trinajstić information content (AvgIpc) is 1.62. The fraction of sp³-hybridized carbons (Fsp3) is 0.519. The second-order valence-corrected chi connectivity index (χ2v) is 28.0. The Hall–Kier alpha value is -7.87. The van der Waals surface area contributed by atoms with E-state index >= 15 is 0 Å². The number of likely N-dealkylation sites (N-methyl/N-ethyl adjacent to an activating group) is 1. The number of anilines is 3. The highest BCUT2D eigenvalue weighted by Crippen LogP contribution is 2.58. The minimum Gasteiger partial charge on any atom is -0.445 e. The van der Waals surface area contributed by atoms with E-state index in [0.29, 0.717) is 36.9 Å². The number of carbonyl (C=O) groups is 8. The van der Waals surface area contributed by atoms with E-state index in [-0.39, 0.29) is 109 Å². The molecule has 0 radical (unpaired) electrons. The largest absolute Gasteiger partial charge is 0.508 e. The van der Waals surface area contributed by atoms with Crippen LogP contribution in [0.4, 0.5) is 31.7 Å². The maximum Gasteiger partial charge on any atom is 0.508 e. The number of primary amides is 1. The lowest BCUT2D eigenvalue weighted by atomic mass is 9.89. The van der Waals surface area contributed by atoms with Gasteiger partial charge in [-0.25, -0.2) is 48.9 Å². The molecule has 9 rings (SSSR count). The number of carbonyl (C=O) groups excluding carboxylic acids is 8. The van der Waals surface area contributed by atoms with Crippen molar-refractivity contribution >= 4 is 125 Å². The average molecular weight is 1390 g/mol. The molecule has 11 N–H and O–H groups in total. The molecule has 36 nitrogen and oxygen atoms in total. The summed E-state index contributed by atoms with van der Waals surface area (Å²) >= 11 is 9.67. The minimum atomic E-state index is -4.56. The number of Topliss-reactive ketones (excluding diaryl/α,β-unsaturated/α-hetero) is 1. The van der Waals surface area contributed by atoms with E-state index < -0.39 is 119 Å². The lowest BCUT2D eigenvalue weighted by Crippen LogP contribution is -2.45. The van der Waals surface area contributed by atoms with E-state index in [2.05, 4.69) is 58.1 Å². The molecule has 3 fully saturated rings. The Kier molecular flexibility index (Phi) is 23.3. The summed E-state index contributed by atoms with van der Waals surface area (Å²) in [4.78, 5) is 141. The van der Waals surface area contributed by atoms with Crippen molar-refractivity contribution in [2.24, 2.45) is 17.6 Å². The lowest BCUT2D eigenvalue weighted by Gasteiger charge is -2.28. The molecule has 4 aliphatic rings. The van der Waals surface area contributed by atoms with Crippen LogP contribution in [0.3, 0.4) is 0 Å². The first-order valence-corrected chi connectivity index (χ1v) is 34.7. The number of hydrogen-bond donors (Lipinski definition) is 9. The van der Waals surface area contributed by atoms with Crippen LogP contribution < -0.4 is 33.2 Å². The highest BCUT2D eigenvalue weighted by atomic mass is 32.7. The number of hydrogen-bond acceptors (Lipinski definition) is 28. The van der Waals surface area contributed by atoms with E-state index in [9.17, 15) is 52.9 Å². The number of imide groups is 1. The highest BCUT2D eigenvalue weighted by molar-refractivity contribution is 8.44. The number of nitrogen functional groups attached to an aromatic ring is 2. The molecule has 4 aromatic heterocycles. The summed E-state index contributed by atoms with van der Waals surface area (Å²) in [6, 6.07) is 4.63. The van der Waals surface area contributed by atoms with E-state index in [4.69, 9.17) is 70.8 Å². The topological polar surface area (TPSA) is 485 Å². The normalized spacial score (nSPS) is 25.2. The maximum absolute atomic E-state index is 14.1. The number of nitrogens with two attached hydrogens (primary N) is 3. The van der Waals surface area contributed by atoms with Crippen molar-refractivity contribution in [3.05, 3.63) is 67.3 Å². The smallest absolute Gasteiger partial charge is 0.445 e. The lowest BCUT2D eigenvalue weighted by molar-refractivity contribution is -0.137. The van der Waals surface area contributed by atoms with Crippen LogP contribution in [0, 0.1) is 11.8 Å². The molecule has 2 unspecified atom stereocenters. The highest BCUT2D eigenvalue weighted by Gasteiger charge is 2.55. The second kappa shape index (κ2) is 31.1. The number of ketones is 1. The standard InChI is InChI=1S/C54H70N16O20P2S2/c1-28(2)38(66-35(72)9-5-4-6-17-68-36(73)14-15-37(68)74)32(71)20-30(8-7-16-58-52(57)77)49(76)65-31-12-10-29(11-13-31)21-83-53(78)67(3)18-19-82-54(79)88-44-42-34(87-51(44)70-27-64-40-46(56)60-25-62-48(40)70)23-85-92(81,94)90-43-41(75)33(22-84-91(80,93)89-42)86-50(43)69-26-63-39-45(55)59-24-61-47(39)69/h10-15,24-28,30,33-34,38,41-44,50-51,75H,4-9,16-23H2,1-3H3,(H,65,76)(H,66,72)(H,80,93)(H,81,94)(H2,55,59,61)(H2,56,60,62)(H3,57,58,77)/t30-,33-,34-,38+,41-,42-,43-,44-,50-,51-,91?,92?/m1/s1. The number of nitrogens with zero attached hydrogens (tertiary/aromatic N) is 10. The van der Waals surface area contributed by atoms with Gasteiger partial charge in [0.25, 0.3) is 11.8 Å². The van der Waals surface area contributed by atoms with Crippen LogP contribution in [0.5, 0.6) is 0 Å². The molecule has 0 saturated carbocycles. The third kappa shape index (κ3) is 17.7. The third-order valence-corrected chi connectivity index (χ3v) is 18.5. The molecule has 94 heavy (non-hydrogen) atoms. The number of unbranched alkanes of at least 4 members (excludes halogenated alkanes) is 2. The Morgan fingerprint density at radius 2 is 1.48 bits per heavy atom. The monoisotopic (exact) mass is 1390 g/mol. The molecule has 5 aromatic rings. The molecule has 12 atom stereocenters. The fourth-order valence-corrected chi connectivity index (χ4v) is 13.4. The summed E-state index contributed by atoms with van der Waals surface area (Å²) in [5.41, 5.74) is 18.7. The van der Waals surface area contributed by atoms with Gasteiger partial charge in [0.2, 0.25) is 11.8 Å². The first kappa shape index (κ1) is 70.4. The van der Waals surface area contributed by atoms with Crippen LogP contribution >= 0.6 is 25.8 Å². The van der Waals surface area contributed by atoms with Gasteiger partial charge in [0.05, 0.1) is 38.5 Å². The van der Waals surface area contributed by atoms with Crippen LogP contribution in [0.25, 0.3) is 22.3 Å². The molecule has 0 spiro atoms. The summed E-state index contributed by atoms with van der Waals surface area (Å²) in [5.74, 6) is -3.22. The number of aromatic nitrogens is 8. The molecule has 4 aliphatic heterocycles. The number of ether oxygens (including phenoxy) is 5. The molecule has 508 valence electrons. The Bertz CT molecular complexity index is 3740. The predicted octanol–water partition coefficient (Wildman–Crippen LogP) is 2.44. The Morgan fingerprint density at radius 1 is 0.840 bits per heavy atom. The van der Waals surface area contributed by atoms with Crippen LogP contribution in [0.2, 0.25) is 0 Å². The van der Waals surface area contributed by atoms with E-state index in [1.54, 1.807) is 38.1 Å². The fourth-order valence-electron chi connectivity index (χ4n) is 10.5. The maximum atomic E-state index is 14.1. The van der Waals surface area contributed by atoms with Crippen molar-refractivity contribution in [3.8, 4) is 0 Å². The first-order chi connectivity index (χ1) is 44.8. The van der Waals surface area contributed by atoms with Gasteiger partial charge in [-0.15, -0.1) is 0 Å². The summed E-state index contributed by atoms with van der Waals surface area (Å²) < 4.78 is 69.4. The number of benzene rings is 1. The summed E-state index contributed by atoms with van der Waals surface area (Å²) in [6.45, 7) is -7.47. The molecule has 40 heteroatoms. The molecular weight excluding hydrogens is 1320 g/mol. The Balaban J connectivity index is 0.784. The van der Waals surface area contributed by atoms with Gasteiger partial charge < -0.3 is 76.3 Å². The second-order valence-electron chi connectivity index (χ2n) is 22.4. The number of nitrogens with one attached hydrogen (secondary N) is 3. The molecule has 0 aliphatic carbocycles. The zero-order chi connectivity index (χ0) is 67.6. The molecule has 8 heterocycles. The summed E-state index contributed by atoms with van der Waals surface area (Å²) in [7, 11) is 1.37. The van der Waals surface area contributed by atoms with Gasteiger partial charge in [-0.2, -0.15) is 0 Å². The van der Waals surface area contributed by atoms with Crippen LogP contribution in [0.15, 0.2) is 61.7 Å². The van der Waals surface area contributed by atoms with E-state index in [1.165, 1.54) is 47.3 Å². The van der Waals surface area contributed by atoms with Gasteiger partial charge in [-0.3, -0.25) is 51.6 Å². The molecule has 7 amide bonds. The van der Waals surface area contributed by atoms with Crippen molar-refractivity contribution in [1.29, 1.82) is 0 Å². The number of thiol groups is 1. The number of fused-ring (bicyclic) bond motifs is 5. The number of amides is 7. The first-order valence-electron chi connectivity index (χ1n) is 29.4. The van der Waals surface area contributed by atoms with Crippen LogP contribution in [-0.4, -0.2) is 196 Å². The van der Waals surface area contributed by atoms with Gasteiger partial charge in [0, 0.05) is 56.7 Å². The summed E-state index contributed by atoms with van der Waals surface area (Å²) in [5, 5.41) is 19.6. The minimum absolute atomic E-state index is 0.0218. The van der Waals surface area contributed by atoms with Crippen molar-refractivity contribution in [2.75, 3.05) is 63.3 Å². The molecule has 1 aromatic carbocycles. The third-order valence-electron chi connectivity index (χ3n) is 15.4. The number of aliphatic hydroxyl groups excluding tert-OH is 1. The van der Waals surface area contributed by atoms with Gasteiger partial charge >= 0.3 is 31.8 Å². The predicted molar refractivity (Wildman–Crippen MR) is 333 cm³/mol. The number of imidazole rings is 2. The van der Waals surface area contributed by atoms with Crippen molar-refractivity contribution in [2.45, 2.75) is 121 Å². The van der Waals surface area contributed by atoms with Gasteiger partial charge in [0.15, 0.2) is 47.3 Å². The van der Waals surface area contributed by atoms with Crippen molar-refractivity contribution in [3.63, 3.8) is 0 Å². The quantitative estimate of drug-likeness (QED) is 0.0133. The summed E-state index contributed by atoms with van der Waals surface area (Å²) in [6.07, 6.45) is -5.11. The van der Waals surface area contributed by atoms with Crippen molar-refractivity contribution in [1.82, 2.24) is 59.5 Å². The number of rotatable bonds is 25. The Morgan fingerprint density at radius 3 is 2.13 bits per heavy atom. The molecule has 2 bridgehead atoms. The SMILES string of the molecule is CC(C)[C@H](NC(=O)CCCCCN1C(=O)C=CC1=O)C(=O)C[C@@H](CCCNC(N)=O)C(=O)Nc1ccc(COC(=O)N(C)CCOC(=O)O[C@@H]2[C@@H]3OP(O)(=S)OC[C@H]4O[C@@H](n5cnc6c(N)ncnc65)[C@H](OP(=O)(S)OC[C@H]3O[C@H]2n2cnc3c(N)ncnc32)[C@@H]4O)cc1. The molecular formula is C54H70N16O20P2S2. The molecule has 3 saturated heterocycles. The van der Waals surface area contributed by atoms with Gasteiger partial charge in [-0.1, -0.05) is 44.6 Å². The number of urea groups is 1. The van der Waals surface area contributed by atoms with Crippen LogP contribution in [-0.2, 0) is 88.7 Å². The van der Waals surface area contributed by atoms with E-state index in [1.807, 2.05) is 0 Å². The Labute approximate surface area is 545 Å². The van der Waals surface area contributed by atoms with Crippen molar-refractivity contribution < 1.29 is 94.7 Å². The zero-order valence-corrected chi connectivity index (χ0v) is 54.2. The van der Waals surface area contributed by atoms with Gasteiger partial charge in [-0.05, 0) is 61.1 Å². The van der Waals surface area contributed by atoms with E-state index in [0.717, 1.165) is 16.1 Å². The number of aliphatic hydroxyl groups is 1. The zero-order valence-electron chi connectivity index (χ0n) is 50.7. The van der Waals surface area contributed by atoms with Gasteiger partial charge in [0.1, 0.15) is 67.4 Å².